The third-order valence-corrected chi connectivity index (χ3v) is 3.73. The number of carbonyl (C=O) groups is 1. The van der Waals surface area contributed by atoms with Gasteiger partial charge in [-0.05, 0) is 43.9 Å². The molecular weight excluding hydrogens is 288 g/mol. The fourth-order valence-electron chi connectivity index (χ4n) is 2.53. The number of pyridine rings is 1. The lowest BCUT2D eigenvalue weighted by Crippen LogP contribution is -2.33. The number of rotatable bonds is 8. The van der Waals surface area contributed by atoms with Gasteiger partial charge in [-0.3, -0.25) is 9.78 Å². The van der Waals surface area contributed by atoms with Crippen LogP contribution >= 0.6 is 0 Å². The number of aryl methyl sites for hydroxylation is 1. The lowest BCUT2D eigenvalue weighted by Gasteiger charge is -2.18. The monoisotopic (exact) mass is 312 g/mol. The minimum atomic E-state index is -0.556. The van der Waals surface area contributed by atoms with Crippen molar-refractivity contribution >= 4 is 5.91 Å². The molecule has 0 saturated carbocycles. The first-order chi connectivity index (χ1) is 11.1. The van der Waals surface area contributed by atoms with E-state index < -0.39 is 6.10 Å². The Morgan fingerprint density at radius 2 is 1.91 bits per heavy atom. The lowest BCUT2D eigenvalue weighted by molar-refractivity contribution is -0.121. The number of nitrogens with one attached hydrogen (secondary N) is 1. The molecule has 122 valence electrons. The summed E-state index contributed by atoms with van der Waals surface area (Å²) in [5.74, 6) is 0.0219. The maximum atomic E-state index is 11.9. The Balaban J connectivity index is 1.68. The molecule has 2 N–H and O–H groups in total. The molecule has 2 rings (SSSR count). The van der Waals surface area contributed by atoms with E-state index in [-0.39, 0.29) is 11.9 Å². The molecule has 23 heavy (non-hydrogen) atoms. The van der Waals surface area contributed by atoms with Crippen LogP contribution in [0.3, 0.4) is 0 Å². The molecule has 4 nitrogen and oxygen atoms in total. The fourth-order valence-corrected chi connectivity index (χ4v) is 2.53. The highest BCUT2D eigenvalue weighted by atomic mass is 16.3. The van der Waals surface area contributed by atoms with Crippen LogP contribution in [0.1, 0.15) is 43.5 Å². The van der Waals surface area contributed by atoms with E-state index in [4.69, 9.17) is 0 Å². The first-order valence-electron chi connectivity index (χ1n) is 8.07. The van der Waals surface area contributed by atoms with E-state index in [0.717, 1.165) is 24.1 Å². The van der Waals surface area contributed by atoms with E-state index >= 15 is 0 Å². The molecule has 2 aromatic rings. The molecule has 2 unspecified atom stereocenters. The van der Waals surface area contributed by atoms with Gasteiger partial charge in [-0.2, -0.15) is 0 Å². The molecule has 0 radical (unpaired) electrons. The molecule has 0 spiro atoms. The van der Waals surface area contributed by atoms with Gasteiger partial charge in [0.1, 0.15) is 0 Å². The summed E-state index contributed by atoms with van der Waals surface area (Å²) in [6, 6.07) is 15.3. The van der Waals surface area contributed by atoms with Gasteiger partial charge in [0, 0.05) is 24.4 Å². The third-order valence-electron chi connectivity index (χ3n) is 3.73. The number of benzene rings is 1. The lowest BCUT2D eigenvalue weighted by atomic mass is 10.0. The van der Waals surface area contributed by atoms with E-state index in [1.807, 2.05) is 55.5 Å². The van der Waals surface area contributed by atoms with Gasteiger partial charge in [-0.1, -0.05) is 36.4 Å². The van der Waals surface area contributed by atoms with Crippen molar-refractivity contribution in [1.82, 2.24) is 10.3 Å². The van der Waals surface area contributed by atoms with E-state index in [0.29, 0.717) is 12.8 Å². The Bertz CT molecular complexity index is 587. The normalized spacial score (nSPS) is 13.3. The molecule has 0 aliphatic heterocycles. The summed E-state index contributed by atoms with van der Waals surface area (Å²) in [4.78, 5) is 16.2. The molecule has 2 atom stereocenters. The minimum absolute atomic E-state index is 0.0219. The Hall–Kier alpha value is -2.20. The van der Waals surface area contributed by atoms with Crippen molar-refractivity contribution in [3.05, 3.63) is 66.0 Å². The van der Waals surface area contributed by atoms with Crippen LogP contribution in [-0.2, 0) is 11.2 Å². The van der Waals surface area contributed by atoms with Crippen molar-refractivity contribution in [3.63, 3.8) is 0 Å². The molecule has 0 aliphatic rings. The second kappa shape index (κ2) is 9.06. The average molecular weight is 312 g/mol. The molecular formula is C19H24N2O2. The van der Waals surface area contributed by atoms with Gasteiger partial charge in [0.05, 0.1) is 6.10 Å². The zero-order valence-electron chi connectivity index (χ0n) is 13.5. The summed E-state index contributed by atoms with van der Waals surface area (Å²) in [6.07, 6.45) is 3.77. The standard InChI is InChI=1S/C19H24N2O2/c1-15(14-18(22)16-8-3-2-4-9-16)21-19(23)12-7-11-17-10-5-6-13-20-17/h2-6,8-10,13,15,18,22H,7,11-12,14H2,1H3,(H,21,23). The van der Waals surface area contributed by atoms with Gasteiger partial charge in [-0.15, -0.1) is 0 Å². The zero-order chi connectivity index (χ0) is 16.5. The van der Waals surface area contributed by atoms with Crippen LogP contribution in [0.2, 0.25) is 0 Å². The maximum absolute atomic E-state index is 11.9. The molecule has 4 heteroatoms. The van der Waals surface area contributed by atoms with Gasteiger partial charge in [-0.25, -0.2) is 0 Å². The van der Waals surface area contributed by atoms with Crippen LogP contribution in [-0.4, -0.2) is 22.0 Å². The van der Waals surface area contributed by atoms with Crippen LogP contribution in [0.4, 0.5) is 0 Å². The second-order valence-corrected chi connectivity index (χ2v) is 5.81. The number of hydrogen-bond acceptors (Lipinski definition) is 3. The Morgan fingerprint density at radius 1 is 1.17 bits per heavy atom. The summed E-state index contributed by atoms with van der Waals surface area (Å²) in [5, 5.41) is 13.1. The minimum Gasteiger partial charge on any atom is -0.388 e. The van der Waals surface area contributed by atoms with Crippen LogP contribution in [0.25, 0.3) is 0 Å². The molecule has 1 amide bonds. The van der Waals surface area contributed by atoms with Gasteiger partial charge in [0.15, 0.2) is 0 Å². The van der Waals surface area contributed by atoms with Crippen molar-refractivity contribution in [2.75, 3.05) is 0 Å². The number of nitrogens with zero attached hydrogens (tertiary/aromatic N) is 1. The average Bonchev–Trinajstić information content (AvgIpc) is 2.56. The summed E-state index contributed by atoms with van der Waals surface area (Å²) in [5.41, 5.74) is 1.89. The van der Waals surface area contributed by atoms with Crippen molar-refractivity contribution in [3.8, 4) is 0 Å². The SMILES string of the molecule is CC(CC(O)c1ccccc1)NC(=O)CCCc1ccccn1. The molecule has 0 aliphatic carbocycles. The van der Waals surface area contributed by atoms with E-state index in [1.165, 1.54) is 0 Å². The predicted octanol–water partition coefficient (Wildman–Crippen LogP) is 3.03. The summed E-state index contributed by atoms with van der Waals surface area (Å²) in [6.45, 7) is 1.92. The van der Waals surface area contributed by atoms with Crippen LogP contribution in [0.15, 0.2) is 54.7 Å². The molecule has 1 heterocycles. The maximum Gasteiger partial charge on any atom is 0.220 e. The summed E-state index contributed by atoms with van der Waals surface area (Å²) < 4.78 is 0. The highest BCUT2D eigenvalue weighted by molar-refractivity contribution is 5.76. The smallest absolute Gasteiger partial charge is 0.220 e. The Kier molecular flexibility index (Phi) is 6.76. The van der Waals surface area contributed by atoms with Gasteiger partial charge in [0.2, 0.25) is 5.91 Å². The Labute approximate surface area is 137 Å². The highest BCUT2D eigenvalue weighted by Gasteiger charge is 2.14. The van der Waals surface area contributed by atoms with Crippen molar-refractivity contribution in [1.29, 1.82) is 0 Å². The van der Waals surface area contributed by atoms with Gasteiger partial charge < -0.3 is 10.4 Å². The van der Waals surface area contributed by atoms with Crippen molar-refractivity contribution < 1.29 is 9.90 Å². The number of hydrogen-bond donors (Lipinski definition) is 2. The second-order valence-electron chi connectivity index (χ2n) is 5.81. The van der Waals surface area contributed by atoms with E-state index in [2.05, 4.69) is 10.3 Å². The van der Waals surface area contributed by atoms with Gasteiger partial charge >= 0.3 is 0 Å². The Morgan fingerprint density at radius 3 is 2.61 bits per heavy atom. The highest BCUT2D eigenvalue weighted by Crippen LogP contribution is 2.17. The quantitative estimate of drug-likeness (QED) is 0.787. The number of carbonyl (C=O) groups excluding carboxylic acids is 1. The topological polar surface area (TPSA) is 62.2 Å². The van der Waals surface area contributed by atoms with Crippen molar-refractivity contribution in [2.24, 2.45) is 0 Å². The first-order valence-corrected chi connectivity index (χ1v) is 8.07. The summed E-state index contributed by atoms with van der Waals surface area (Å²) >= 11 is 0. The molecule has 0 bridgehead atoms. The summed E-state index contributed by atoms with van der Waals surface area (Å²) in [7, 11) is 0. The van der Waals surface area contributed by atoms with Gasteiger partial charge in [0.25, 0.3) is 0 Å². The number of amides is 1. The molecule has 0 fully saturated rings. The van der Waals surface area contributed by atoms with Crippen molar-refractivity contribution in [2.45, 2.75) is 44.8 Å². The number of aromatic nitrogens is 1. The van der Waals surface area contributed by atoms with Crippen LogP contribution in [0.5, 0.6) is 0 Å². The fraction of sp³-hybridized carbons (Fsp3) is 0.368. The molecule has 1 aromatic heterocycles. The van der Waals surface area contributed by atoms with Crippen LogP contribution in [0, 0.1) is 0 Å². The van der Waals surface area contributed by atoms with E-state index in [1.54, 1.807) is 6.20 Å². The number of aliphatic hydroxyl groups excluding tert-OH is 1. The first kappa shape index (κ1) is 17.2. The van der Waals surface area contributed by atoms with Crippen LogP contribution < -0.4 is 5.32 Å². The number of aliphatic hydroxyl groups is 1. The predicted molar refractivity (Wildman–Crippen MR) is 90.8 cm³/mol. The van der Waals surface area contributed by atoms with E-state index in [9.17, 15) is 9.90 Å². The largest absolute Gasteiger partial charge is 0.388 e. The zero-order valence-corrected chi connectivity index (χ0v) is 13.5. The molecule has 0 saturated heterocycles. The third kappa shape index (κ3) is 6.20. The molecule has 1 aromatic carbocycles.